The van der Waals surface area contributed by atoms with Gasteiger partial charge in [-0.15, -0.1) is 12.4 Å². The number of hydrogen-bond donors (Lipinski definition) is 1. The van der Waals surface area contributed by atoms with Crippen LogP contribution in [0, 0.1) is 5.92 Å². The molecule has 1 aromatic carbocycles. The number of halogens is 1. The van der Waals surface area contributed by atoms with E-state index in [0.29, 0.717) is 13.1 Å². The Hall–Kier alpha value is -1.52. The van der Waals surface area contributed by atoms with Crippen LogP contribution in [0.3, 0.4) is 0 Å². The van der Waals surface area contributed by atoms with E-state index in [1.54, 1.807) is 0 Å². The van der Waals surface area contributed by atoms with Crippen LogP contribution >= 0.6 is 12.4 Å². The van der Waals surface area contributed by atoms with Gasteiger partial charge in [0.15, 0.2) is 0 Å². The molecule has 1 amide bonds. The first-order valence-corrected chi connectivity index (χ1v) is 7.07. The second kappa shape index (κ2) is 7.48. The molecule has 0 saturated heterocycles. The average Bonchev–Trinajstić information content (AvgIpc) is 2.90. The lowest BCUT2D eigenvalue weighted by Crippen LogP contribution is -2.39. The van der Waals surface area contributed by atoms with Gasteiger partial charge in [0.2, 0.25) is 5.91 Å². The summed E-state index contributed by atoms with van der Waals surface area (Å²) in [6, 6.07) is 9.78. The summed E-state index contributed by atoms with van der Waals surface area (Å²) < 4.78 is 5.85. The third kappa shape index (κ3) is 3.57. The minimum absolute atomic E-state index is 0. The summed E-state index contributed by atoms with van der Waals surface area (Å²) in [7, 11) is 0. The van der Waals surface area contributed by atoms with Crippen LogP contribution < -0.4 is 5.73 Å². The normalized spacial score (nSPS) is 13.5. The van der Waals surface area contributed by atoms with Crippen molar-refractivity contribution < 1.29 is 9.21 Å². The van der Waals surface area contributed by atoms with Crippen molar-refractivity contribution in [2.75, 3.05) is 13.1 Å². The highest BCUT2D eigenvalue weighted by Gasteiger charge is 2.25. The first kappa shape index (κ1) is 17.5. The van der Waals surface area contributed by atoms with Crippen molar-refractivity contribution in [2.45, 2.75) is 26.8 Å². The van der Waals surface area contributed by atoms with E-state index >= 15 is 0 Å². The van der Waals surface area contributed by atoms with Crippen LogP contribution in [0.2, 0.25) is 0 Å². The van der Waals surface area contributed by atoms with Crippen LogP contribution in [-0.2, 0) is 4.79 Å². The molecule has 1 heterocycles. The van der Waals surface area contributed by atoms with E-state index in [4.69, 9.17) is 10.2 Å². The number of amides is 1. The van der Waals surface area contributed by atoms with Gasteiger partial charge in [-0.05, 0) is 26.0 Å². The lowest BCUT2D eigenvalue weighted by Gasteiger charge is -2.28. The maximum Gasteiger partial charge on any atom is 0.227 e. The van der Waals surface area contributed by atoms with Crippen LogP contribution in [0.15, 0.2) is 34.7 Å². The van der Waals surface area contributed by atoms with E-state index in [1.807, 2.05) is 56.0 Å². The second-order valence-electron chi connectivity index (χ2n) is 5.12. The number of hydrogen-bond acceptors (Lipinski definition) is 3. The molecular weight excluding hydrogens is 288 g/mol. The summed E-state index contributed by atoms with van der Waals surface area (Å²) >= 11 is 0. The molecule has 0 aliphatic heterocycles. The lowest BCUT2D eigenvalue weighted by atomic mass is 10.1. The Morgan fingerprint density at radius 3 is 2.57 bits per heavy atom. The van der Waals surface area contributed by atoms with Crippen molar-refractivity contribution in [1.29, 1.82) is 0 Å². The summed E-state index contributed by atoms with van der Waals surface area (Å²) in [5.74, 6) is 0.718. The molecule has 0 aliphatic rings. The van der Waals surface area contributed by atoms with E-state index < -0.39 is 0 Å². The van der Waals surface area contributed by atoms with Crippen LogP contribution in [0.4, 0.5) is 0 Å². The fourth-order valence-electron chi connectivity index (χ4n) is 2.37. The molecular formula is C16H23ClN2O2. The van der Waals surface area contributed by atoms with Crippen molar-refractivity contribution in [3.8, 4) is 0 Å². The number of carbonyl (C=O) groups excluding carboxylic acids is 1. The molecule has 21 heavy (non-hydrogen) atoms. The molecule has 2 rings (SSSR count). The van der Waals surface area contributed by atoms with Gasteiger partial charge < -0.3 is 15.1 Å². The monoisotopic (exact) mass is 310 g/mol. The molecule has 2 aromatic rings. The van der Waals surface area contributed by atoms with Gasteiger partial charge in [0.05, 0.1) is 6.04 Å². The molecule has 2 atom stereocenters. The minimum Gasteiger partial charge on any atom is -0.459 e. The highest BCUT2D eigenvalue weighted by atomic mass is 35.5. The number of fused-ring (bicyclic) bond motifs is 1. The Morgan fingerprint density at radius 2 is 2.00 bits per heavy atom. The molecule has 116 valence electrons. The van der Waals surface area contributed by atoms with E-state index in [0.717, 1.165) is 16.7 Å². The van der Waals surface area contributed by atoms with E-state index in [1.165, 1.54) is 0 Å². The Balaban J connectivity index is 0.00000220. The number of nitrogens with zero attached hydrogens (tertiary/aromatic N) is 1. The van der Waals surface area contributed by atoms with Crippen molar-refractivity contribution >= 4 is 29.3 Å². The van der Waals surface area contributed by atoms with E-state index in [9.17, 15) is 4.79 Å². The second-order valence-corrected chi connectivity index (χ2v) is 5.12. The van der Waals surface area contributed by atoms with Crippen molar-refractivity contribution in [3.05, 3.63) is 36.1 Å². The van der Waals surface area contributed by atoms with Crippen molar-refractivity contribution in [1.82, 2.24) is 4.90 Å². The maximum absolute atomic E-state index is 12.3. The van der Waals surface area contributed by atoms with Crippen LogP contribution in [0.5, 0.6) is 0 Å². The molecule has 0 bridgehead atoms. The summed E-state index contributed by atoms with van der Waals surface area (Å²) in [5, 5.41) is 1.06. The number of furan rings is 1. The zero-order chi connectivity index (χ0) is 14.7. The van der Waals surface area contributed by atoms with Crippen molar-refractivity contribution in [2.24, 2.45) is 11.7 Å². The van der Waals surface area contributed by atoms with E-state index in [-0.39, 0.29) is 30.3 Å². The summed E-state index contributed by atoms with van der Waals surface area (Å²) in [4.78, 5) is 14.2. The van der Waals surface area contributed by atoms with Crippen LogP contribution in [-0.4, -0.2) is 23.9 Å². The van der Waals surface area contributed by atoms with Gasteiger partial charge in [0.25, 0.3) is 0 Å². The van der Waals surface area contributed by atoms with Gasteiger partial charge in [-0.1, -0.05) is 25.1 Å². The average molecular weight is 311 g/mol. The Morgan fingerprint density at radius 1 is 1.33 bits per heavy atom. The molecule has 0 spiro atoms. The number of benzene rings is 1. The minimum atomic E-state index is -0.165. The molecule has 0 radical (unpaired) electrons. The molecule has 2 N–H and O–H groups in total. The molecule has 1 aromatic heterocycles. The molecule has 2 unspecified atom stereocenters. The standard InChI is InChI=1S/C16H22N2O2.ClH/c1-4-18(16(19)11(2)10-17)12(3)15-9-13-7-5-6-8-14(13)20-15;/h5-9,11-12H,4,10,17H2,1-3H3;1H. The number of carbonyl (C=O) groups is 1. The van der Waals surface area contributed by atoms with Gasteiger partial charge in [0.1, 0.15) is 11.3 Å². The number of rotatable bonds is 5. The highest BCUT2D eigenvalue weighted by molar-refractivity contribution is 5.85. The summed E-state index contributed by atoms with van der Waals surface area (Å²) in [6.07, 6.45) is 0. The SMILES string of the molecule is CCN(C(=O)C(C)CN)C(C)c1cc2ccccc2o1.Cl. The summed E-state index contributed by atoms with van der Waals surface area (Å²) in [6.45, 7) is 6.82. The molecule has 5 heteroatoms. The largest absolute Gasteiger partial charge is 0.459 e. The fraction of sp³-hybridized carbons (Fsp3) is 0.438. The van der Waals surface area contributed by atoms with Gasteiger partial charge in [-0.3, -0.25) is 4.79 Å². The molecule has 0 aliphatic carbocycles. The Labute approximate surface area is 131 Å². The Bertz CT molecular complexity index is 564. The predicted molar refractivity (Wildman–Crippen MR) is 87.5 cm³/mol. The smallest absolute Gasteiger partial charge is 0.227 e. The predicted octanol–water partition coefficient (Wildman–Crippen LogP) is 3.36. The summed E-state index contributed by atoms with van der Waals surface area (Å²) in [5.41, 5.74) is 6.45. The van der Waals surface area contributed by atoms with E-state index in [2.05, 4.69) is 0 Å². The van der Waals surface area contributed by atoms with Crippen LogP contribution in [0.1, 0.15) is 32.6 Å². The van der Waals surface area contributed by atoms with Gasteiger partial charge in [-0.25, -0.2) is 0 Å². The fourth-order valence-corrected chi connectivity index (χ4v) is 2.37. The highest BCUT2D eigenvalue weighted by Crippen LogP contribution is 2.28. The van der Waals surface area contributed by atoms with Gasteiger partial charge in [0, 0.05) is 24.4 Å². The topological polar surface area (TPSA) is 59.5 Å². The zero-order valence-corrected chi connectivity index (χ0v) is 13.5. The number of para-hydroxylation sites is 1. The van der Waals surface area contributed by atoms with Crippen LogP contribution in [0.25, 0.3) is 11.0 Å². The zero-order valence-electron chi connectivity index (χ0n) is 12.7. The first-order valence-electron chi connectivity index (χ1n) is 7.07. The van der Waals surface area contributed by atoms with Crippen molar-refractivity contribution in [3.63, 3.8) is 0 Å². The molecule has 0 saturated carbocycles. The molecule has 0 fully saturated rings. The third-order valence-electron chi connectivity index (χ3n) is 3.72. The number of nitrogens with two attached hydrogens (primary N) is 1. The quantitative estimate of drug-likeness (QED) is 0.921. The first-order chi connectivity index (χ1) is 9.58. The van der Waals surface area contributed by atoms with Gasteiger partial charge >= 0.3 is 0 Å². The third-order valence-corrected chi connectivity index (χ3v) is 3.72. The maximum atomic E-state index is 12.3. The van der Waals surface area contributed by atoms with Gasteiger partial charge in [-0.2, -0.15) is 0 Å². The molecule has 4 nitrogen and oxygen atoms in total. The lowest BCUT2D eigenvalue weighted by molar-refractivity contribution is -0.137. The Kier molecular flexibility index (Phi) is 6.24.